The van der Waals surface area contributed by atoms with E-state index in [2.05, 4.69) is 9.72 Å². The van der Waals surface area contributed by atoms with E-state index < -0.39 is 42.8 Å². The van der Waals surface area contributed by atoms with Crippen molar-refractivity contribution in [3.8, 4) is 5.88 Å². The van der Waals surface area contributed by atoms with Crippen LogP contribution in [0.5, 0.6) is 5.88 Å². The second kappa shape index (κ2) is 6.01. The Kier molecular flexibility index (Phi) is 4.44. The molecule has 10 heteroatoms. The zero-order chi connectivity index (χ0) is 17.3. The molecule has 6 nitrogen and oxygen atoms in total. The van der Waals surface area contributed by atoms with Gasteiger partial charge >= 0.3 is 12.1 Å². The van der Waals surface area contributed by atoms with E-state index in [4.69, 9.17) is 5.11 Å². The molecule has 126 valence electrons. The van der Waals surface area contributed by atoms with Crippen molar-refractivity contribution in [2.75, 3.05) is 19.7 Å². The Bertz CT molecular complexity index is 622. The number of aliphatic carboxylic acids is 1. The molecule has 1 aliphatic rings. The molecule has 1 amide bonds. The van der Waals surface area contributed by atoms with Crippen LogP contribution in [-0.4, -0.2) is 58.4 Å². The summed E-state index contributed by atoms with van der Waals surface area (Å²) in [5.41, 5.74) is -2.78. The van der Waals surface area contributed by atoms with E-state index in [0.717, 1.165) is 11.0 Å². The van der Waals surface area contributed by atoms with Crippen molar-refractivity contribution < 1.29 is 37.0 Å². The molecule has 1 atom stereocenters. The highest BCUT2D eigenvalue weighted by Crippen LogP contribution is 2.27. The van der Waals surface area contributed by atoms with E-state index in [9.17, 15) is 27.2 Å². The number of alkyl halides is 4. The first kappa shape index (κ1) is 17.0. The normalized spacial score (nSPS) is 21.3. The lowest BCUT2D eigenvalue weighted by molar-refractivity contribution is -0.154. The van der Waals surface area contributed by atoms with Crippen molar-refractivity contribution in [2.45, 2.75) is 18.3 Å². The summed E-state index contributed by atoms with van der Waals surface area (Å²) in [6.45, 7) is -2.33. The molecular formula is C13H12F4N2O4. The standard InChI is InChI=1S/C13H12F4N2O4/c14-12(11(21)22)4-5-19(6-12)10(20)8-2-1-3-9(18-8)23-7-13(15,16)17/h1-3H,4-7H2,(H,21,22). The zero-order valence-corrected chi connectivity index (χ0v) is 11.6. The maximum atomic E-state index is 13.9. The highest BCUT2D eigenvalue weighted by Gasteiger charge is 2.47. The van der Waals surface area contributed by atoms with Crippen molar-refractivity contribution in [2.24, 2.45) is 0 Å². The molecule has 1 aromatic rings. The van der Waals surface area contributed by atoms with Crippen LogP contribution >= 0.6 is 0 Å². The number of rotatable bonds is 4. The smallest absolute Gasteiger partial charge is 0.422 e. The predicted molar refractivity (Wildman–Crippen MR) is 67.8 cm³/mol. The fraction of sp³-hybridized carbons (Fsp3) is 0.462. The maximum Gasteiger partial charge on any atom is 0.422 e. The summed E-state index contributed by atoms with van der Waals surface area (Å²) in [6, 6.07) is 3.63. The number of hydrogen-bond donors (Lipinski definition) is 1. The lowest BCUT2D eigenvalue weighted by Crippen LogP contribution is -2.39. The largest absolute Gasteiger partial charge is 0.479 e. The molecule has 2 heterocycles. The number of amides is 1. The van der Waals surface area contributed by atoms with Crippen LogP contribution in [0.4, 0.5) is 17.6 Å². The van der Waals surface area contributed by atoms with Crippen LogP contribution in [0.3, 0.4) is 0 Å². The summed E-state index contributed by atoms with van der Waals surface area (Å²) < 4.78 is 54.6. The maximum absolute atomic E-state index is 13.9. The molecule has 2 rings (SSSR count). The van der Waals surface area contributed by atoms with Gasteiger partial charge in [0.05, 0.1) is 6.54 Å². The average molecular weight is 336 g/mol. The van der Waals surface area contributed by atoms with Crippen LogP contribution in [0.1, 0.15) is 16.9 Å². The van der Waals surface area contributed by atoms with E-state index in [1.807, 2.05) is 0 Å². The number of halogens is 4. The summed E-state index contributed by atoms with van der Waals surface area (Å²) in [5, 5.41) is 8.78. The first-order valence-corrected chi connectivity index (χ1v) is 6.49. The fourth-order valence-electron chi connectivity index (χ4n) is 2.05. The molecule has 0 aliphatic carbocycles. The molecule has 1 N–H and O–H groups in total. The average Bonchev–Trinajstić information content (AvgIpc) is 2.88. The Morgan fingerprint density at radius 3 is 2.65 bits per heavy atom. The van der Waals surface area contributed by atoms with Gasteiger partial charge in [-0.25, -0.2) is 14.2 Å². The summed E-state index contributed by atoms with van der Waals surface area (Å²) in [6.07, 6.45) is -4.91. The first-order chi connectivity index (χ1) is 10.6. The van der Waals surface area contributed by atoms with Crippen LogP contribution in [0.15, 0.2) is 18.2 Å². The minimum absolute atomic E-state index is 0.128. The van der Waals surface area contributed by atoms with Gasteiger partial charge in [-0.1, -0.05) is 6.07 Å². The van der Waals surface area contributed by atoms with Gasteiger partial charge in [0.15, 0.2) is 6.61 Å². The number of likely N-dealkylation sites (tertiary alicyclic amines) is 1. The molecule has 0 aromatic carbocycles. The van der Waals surface area contributed by atoms with Crippen molar-refractivity contribution in [1.82, 2.24) is 9.88 Å². The van der Waals surface area contributed by atoms with Gasteiger partial charge in [-0.15, -0.1) is 0 Å². The third-order valence-corrected chi connectivity index (χ3v) is 3.22. The molecule has 0 bridgehead atoms. The van der Waals surface area contributed by atoms with Gasteiger partial charge in [-0.2, -0.15) is 13.2 Å². The zero-order valence-electron chi connectivity index (χ0n) is 11.6. The molecule has 0 saturated carbocycles. The summed E-state index contributed by atoms with van der Waals surface area (Å²) >= 11 is 0. The number of hydrogen-bond acceptors (Lipinski definition) is 4. The van der Waals surface area contributed by atoms with E-state index in [0.29, 0.717) is 0 Å². The highest BCUT2D eigenvalue weighted by molar-refractivity contribution is 5.93. The monoisotopic (exact) mass is 336 g/mol. The quantitative estimate of drug-likeness (QED) is 0.846. The number of carbonyl (C=O) groups is 2. The van der Waals surface area contributed by atoms with Crippen LogP contribution < -0.4 is 4.74 Å². The number of carboxylic acid groups (broad SMARTS) is 1. The molecule has 0 radical (unpaired) electrons. The Morgan fingerprint density at radius 2 is 2.09 bits per heavy atom. The van der Waals surface area contributed by atoms with E-state index in [1.54, 1.807) is 0 Å². The van der Waals surface area contributed by atoms with E-state index >= 15 is 0 Å². The number of carbonyl (C=O) groups excluding carboxylic acids is 1. The second-order valence-corrected chi connectivity index (χ2v) is 5.01. The molecule has 1 aliphatic heterocycles. The van der Waals surface area contributed by atoms with E-state index in [-0.39, 0.29) is 18.7 Å². The van der Waals surface area contributed by atoms with Gasteiger partial charge in [-0.3, -0.25) is 4.79 Å². The second-order valence-electron chi connectivity index (χ2n) is 5.01. The molecule has 1 aromatic heterocycles. The number of carboxylic acids is 1. The molecule has 1 fully saturated rings. The first-order valence-electron chi connectivity index (χ1n) is 6.49. The number of pyridine rings is 1. The van der Waals surface area contributed by atoms with Gasteiger partial charge in [0.2, 0.25) is 11.5 Å². The van der Waals surface area contributed by atoms with Crippen molar-refractivity contribution in [3.63, 3.8) is 0 Å². The molecule has 1 saturated heterocycles. The number of ether oxygens (including phenoxy) is 1. The van der Waals surface area contributed by atoms with Crippen molar-refractivity contribution >= 4 is 11.9 Å². The van der Waals surface area contributed by atoms with Crippen molar-refractivity contribution in [1.29, 1.82) is 0 Å². The van der Waals surface area contributed by atoms with Gasteiger partial charge in [-0.05, 0) is 6.07 Å². The summed E-state index contributed by atoms with van der Waals surface area (Å²) in [5.74, 6) is -2.84. The topological polar surface area (TPSA) is 79.7 Å². The van der Waals surface area contributed by atoms with Crippen LogP contribution in [0, 0.1) is 0 Å². The third-order valence-electron chi connectivity index (χ3n) is 3.22. The molecular weight excluding hydrogens is 324 g/mol. The Balaban J connectivity index is 2.07. The summed E-state index contributed by atoms with van der Waals surface area (Å²) in [7, 11) is 0. The van der Waals surface area contributed by atoms with Gasteiger partial charge in [0.1, 0.15) is 5.69 Å². The molecule has 0 spiro atoms. The van der Waals surface area contributed by atoms with Gasteiger partial charge < -0.3 is 14.7 Å². The highest BCUT2D eigenvalue weighted by atomic mass is 19.4. The fourth-order valence-corrected chi connectivity index (χ4v) is 2.05. The number of nitrogens with zero attached hydrogens (tertiary/aromatic N) is 2. The van der Waals surface area contributed by atoms with E-state index in [1.165, 1.54) is 12.1 Å². The minimum Gasteiger partial charge on any atom is -0.479 e. The minimum atomic E-state index is -4.55. The molecule has 23 heavy (non-hydrogen) atoms. The Morgan fingerprint density at radius 1 is 1.39 bits per heavy atom. The molecule has 1 unspecified atom stereocenters. The van der Waals surface area contributed by atoms with Gasteiger partial charge in [0.25, 0.3) is 5.91 Å². The predicted octanol–water partition coefficient (Wildman–Crippen LogP) is 1.66. The summed E-state index contributed by atoms with van der Waals surface area (Å²) in [4.78, 5) is 27.5. The van der Waals surface area contributed by atoms with Crippen LogP contribution in [-0.2, 0) is 4.79 Å². The van der Waals surface area contributed by atoms with Crippen LogP contribution in [0.25, 0.3) is 0 Å². The number of aromatic nitrogens is 1. The SMILES string of the molecule is O=C(c1cccc(OCC(F)(F)F)n1)N1CCC(F)(C(=O)O)C1. The Hall–Kier alpha value is -2.39. The Labute approximate surface area is 127 Å². The lowest BCUT2D eigenvalue weighted by atomic mass is 10.1. The van der Waals surface area contributed by atoms with Crippen LogP contribution in [0.2, 0.25) is 0 Å². The van der Waals surface area contributed by atoms with Crippen molar-refractivity contribution in [3.05, 3.63) is 23.9 Å². The van der Waals surface area contributed by atoms with Gasteiger partial charge in [0, 0.05) is 19.0 Å². The lowest BCUT2D eigenvalue weighted by Gasteiger charge is -2.17. The third kappa shape index (κ3) is 4.08.